The van der Waals surface area contributed by atoms with Crippen LogP contribution < -0.4 is 0 Å². The van der Waals surface area contributed by atoms with Gasteiger partial charge in [0.15, 0.2) is 6.10 Å². The molecule has 66 heavy (non-hydrogen) atoms. The number of carbonyl (C=O) groups is 3. The molecule has 380 valence electrons. The van der Waals surface area contributed by atoms with E-state index in [1.807, 2.05) is 0 Å². The Bertz CT molecular complexity index is 1240. The van der Waals surface area contributed by atoms with Crippen molar-refractivity contribution in [2.24, 2.45) is 0 Å². The van der Waals surface area contributed by atoms with Crippen molar-refractivity contribution < 1.29 is 28.6 Å². The lowest BCUT2D eigenvalue weighted by Crippen LogP contribution is -2.30. The molecule has 0 N–H and O–H groups in total. The van der Waals surface area contributed by atoms with Gasteiger partial charge in [-0.2, -0.15) is 0 Å². The van der Waals surface area contributed by atoms with E-state index >= 15 is 0 Å². The molecule has 0 aliphatic rings. The predicted octanol–water partition coefficient (Wildman–Crippen LogP) is 18.6. The Morgan fingerprint density at radius 1 is 0.303 bits per heavy atom. The van der Waals surface area contributed by atoms with Gasteiger partial charge in [0.05, 0.1) is 0 Å². The molecule has 0 fully saturated rings. The molecule has 0 saturated heterocycles. The van der Waals surface area contributed by atoms with Crippen molar-refractivity contribution in [2.45, 2.75) is 277 Å². The standard InChI is InChI=1S/C60H104O6/c1-4-7-10-13-16-19-22-25-27-29-30-31-33-35-38-41-44-47-50-53-59(62)65-56-57(55-64-58(61)52-49-46-43-40-37-34-24-21-18-15-12-9-6-3)66-60(63)54-51-48-45-42-39-36-32-28-26-23-20-17-14-11-8-5-2/h12,15-16,19-21,23-25,27-28,32,57H,4-11,13-14,17-18,22,26,29-31,33-56H2,1-3H3/b15-12-,19-16-,23-20-,24-21-,27-25-,32-28-. The van der Waals surface area contributed by atoms with Crippen LogP contribution in [0, 0.1) is 0 Å². The molecule has 6 heteroatoms. The van der Waals surface area contributed by atoms with Crippen molar-refractivity contribution in [2.75, 3.05) is 13.2 Å². The van der Waals surface area contributed by atoms with Crippen LogP contribution in [0.4, 0.5) is 0 Å². The smallest absolute Gasteiger partial charge is 0.306 e. The fourth-order valence-corrected chi connectivity index (χ4v) is 7.66. The van der Waals surface area contributed by atoms with E-state index in [9.17, 15) is 14.4 Å². The van der Waals surface area contributed by atoms with Gasteiger partial charge in [-0.1, -0.05) is 216 Å². The second kappa shape index (κ2) is 54.5. The average Bonchev–Trinajstić information content (AvgIpc) is 3.31. The van der Waals surface area contributed by atoms with Crippen LogP contribution in [-0.4, -0.2) is 37.2 Å². The molecule has 0 saturated carbocycles. The van der Waals surface area contributed by atoms with Crippen LogP contribution in [0.1, 0.15) is 271 Å². The molecular formula is C60H104O6. The summed E-state index contributed by atoms with van der Waals surface area (Å²) in [6.45, 7) is 6.52. The number of carbonyl (C=O) groups excluding carboxylic acids is 3. The molecular weight excluding hydrogens is 817 g/mol. The van der Waals surface area contributed by atoms with Gasteiger partial charge in [-0.3, -0.25) is 14.4 Å². The van der Waals surface area contributed by atoms with Gasteiger partial charge in [0, 0.05) is 19.3 Å². The highest BCUT2D eigenvalue weighted by Gasteiger charge is 2.19. The fourth-order valence-electron chi connectivity index (χ4n) is 7.66. The van der Waals surface area contributed by atoms with E-state index in [4.69, 9.17) is 14.2 Å². The Kier molecular flexibility index (Phi) is 51.9. The molecule has 0 aromatic heterocycles. The Labute approximate surface area is 408 Å². The molecule has 1 atom stereocenters. The minimum Gasteiger partial charge on any atom is -0.462 e. The minimum absolute atomic E-state index is 0.0877. The molecule has 0 spiro atoms. The molecule has 0 aromatic carbocycles. The molecule has 0 aliphatic carbocycles. The maximum absolute atomic E-state index is 12.8. The predicted molar refractivity (Wildman–Crippen MR) is 284 cm³/mol. The lowest BCUT2D eigenvalue weighted by atomic mass is 10.1. The van der Waals surface area contributed by atoms with Gasteiger partial charge in [-0.25, -0.2) is 0 Å². The maximum atomic E-state index is 12.8. The van der Waals surface area contributed by atoms with E-state index in [0.717, 1.165) is 122 Å². The zero-order valence-electron chi connectivity index (χ0n) is 43.4. The minimum atomic E-state index is -0.790. The number of rotatable bonds is 50. The van der Waals surface area contributed by atoms with Crippen molar-refractivity contribution in [3.63, 3.8) is 0 Å². The van der Waals surface area contributed by atoms with E-state index in [1.54, 1.807) is 0 Å². The number of unbranched alkanes of at least 4 members (excludes halogenated alkanes) is 27. The normalized spacial score (nSPS) is 12.6. The lowest BCUT2D eigenvalue weighted by molar-refractivity contribution is -0.167. The molecule has 0 aromatic rings. The summed E-state index contributed by atoms with van der Waals surface area (Å²) >= 11 is 0. The second-order valence-electron chi connectivity index (χ2n) is 18.5. The second-order valence-corrected chi connectivity index (χ2v) is 18.5. The molecule has 0 bridgehead atoms. The highest BCUT2D eigenvalue weighted by molar-refractivity contribution is 5.71. The van der Waals surface area contributed by atoms with Crippen LogP contribution in [0.5, 0.6) is 0 Å². The molecule has 0 heterocycles. The van der Waals surface area contributed by atoms with Crippen molar-refractivity contribution in [3.05, 3.63) is 72.9 Å². The number of esters is 3. The number of allylic oxidation sites excluding steroid dienone is 12. The third-order valence-electron chi connectivity index (χ3n) is 11.9. The van der Waals surface area contributed by atoms with Crippen LogP contribution in [0.3, 0.4) is 0 Å². The first kappa shape index (κ1) is 62.8. The monoisotopic (exact) mass is 921 g/mol. The third-order valence-corrected chi connectivity index (χ3v) is 11.9. The number of ether oxygens (including phenoxy) is 3. The van der Waals surface area contributed by atoms with Crippen molar-refractivity contribution in [1.82, 2.24) is 0 Å². The summed E-state index contributed by atoms with van der Waals surface area (Å²) in [4.78, 5) is 38.1. The Morgan fingerprint density at radius 2 is 0.576 bits per heavy atom. The van der Waals surface area contributed by atoms with E-state index in [2.05, 4.69) is 93.7 Å². The SMILES string of the molecule is CCC/C=C\C/C=C\CCCCCCCC(=O)OCC(COC(=O)CCCCCCCCCCC/C=C\C/C=C\CCCCC)OC(=O)CCCCCCC/C=C\C/C=C\CCCCCC. The Balaban J connectivity index is 4.40. The van der Waals surface area contributed by atoms with Crippen molar-refractivity contribution >= 4 is 17.9 Å². The van der Waals surface area contributed by atoms with E-state index < -0.39 is 6.10 Å². The van der Waals surface area contributed by atoms with Gasteiger partial charge in [0.2, 0.25) is 0 Å². The largest absolute Gasteiger partial charge is 0.462 e. The summed E-state index contributed by atoms with van der Waals surface area (Å²) in [5.74, 6) is -0.915. The fraction of sp³-hybridized carbons (Fsp3) is 0.750. The van der Waals surface area contributed by atoms with Crippen molar-refractivity contribution in [3.8, 4) is 0 Å². The topological polar surface area (TPSA) is 78.9 Å². The Hall–Kier alpha value is -3.15. The van der Waals surface area contributed by atoms with Crippen LogP contribution in [-0.2, 0) is 28.6 Å². The highest BCUT2D eigenvalue weighted by Crippen LogP contribution is 2.15. The third kappa shape index (κ3) is 51.8. The molecule has 0 radical (unpaired) electrons. The molecule has 0 rings (SSSR count). The van der Waals surface area contributed by atoms with Crippen LogP contribution >= 0.6 is 0 Å². The number of hydrogen-bond acceptors (Lipinski definition) is 6. The Morgan fingerprint density at radius 3 is 0.924 bits per heavy atom. The molecule has 0 aliphatic heterocycles. The highest BCUT2D eigenvalue weighted by atomic mass is 16.6. The summed E-state index contributed by atoms with van der Waals surface area (Å²) in [6.07, 6.45) is 68.8. The van der Waals surface area contributed by atoms with Gasteiger partial charge in [-0.15, -0.1) is 0 Å². The summed E-state index contributed by atoms with van der Waals surface area (Å²) in [5.41, 5.74) is 0. The van der Waals surface area contributed by atoms with Crippen LogP contribution in [0.2, 0.25) is 0 Å². The number of hydrogen-bond donors (Lipinski definition) is 0. The first-order valence-electron chi connectivity index (χ1n) is 27.9. The zero-order chi connectivity index (χ0) is 47.9. The molecule has 0 amide bonds. The van der Waals surface area contributed by atoms with Gasteiger partial charge >= 0.3 is 17.9 Å². The van der Waals surface area contributed by atoms with E-state index in [0.29, 0.717) is 19.3 Å². The van der Waals surface area contributed by atoms with Gasteiger partial charge in [0.1, 0.15) is 13.2 Å². The lowest BCUT2D eigenvalue weighted by Gasteiger charge is -2.18. The van der Waals surface area contributed by atoms with Gasteiger partial charge in [0.25, 0.3) is 0 Å². The van der Waals surface area contributed by atoms with E-state index in [-0.39, 0.29) is 31.1 Å². The summed E-state index contributed by atoms with van der Waals surface area (Å²) < 4.78 is 16.8. The van der Waals surface area contributed by atoms with Gasteiger partial charge in [-0.05, 0) is 109 Å². The van der Waals surface area contributed by atoms with E-state index in [1.165, 1.54) is 109 Å². The molecule has 6 nitrogen and oxygen atoms in total. The first-order valence-corrected chi connectivity index (χ1v) is 27.9. The summed E-state index contributed by atoms with van der Waals surface area (Å²) in [5, 5.41) is 0. The maximum Gasteiger partial charge on any atom is 0.306 e. The van der Waals surface area contributed by atoms with Gasteiger partial charge < -0.3 is 14.2 Å². The van der Waals surface area contributed by atoms with Crippen LogP contribution in [0.25, 0.3) is 0 Å². The zero-order valence-corrected chi connectivity index (χ0v) is 43.4. The van der Waals surface area contributed by atoms with Crippen molar-refractivity contribution in [1.29, 1.82) is 0 Å². The van der Waals surface area contributed by atoms with Crippen LogP contribution in [0.15, 0.2) is 72.9 Å². The average molecular weight is 921 g/mol. The molecule has 1 unspecified atom stereocenters. The quantitative estimate of drug-likeness (QED) is 0.0262. The first-order chi connectivity index (χ1) is 32.5. The summed E-state index contributed by atoms with van der Waals surface area (Å²) in [6, 6.07) is 0. The summed E-state index contributed by atoms with van der Waals surface area (Å²) in [7, 11) is 0.